The van der Waals surface area contributed by atoms with Crippen LogP contribution in [0.3, 0.4) is 0 Å². The van der Waals surface area contributed by atoms with Crippen molar-refractivity contribution in [3.8, 4) is 17.2 Å². The van der Waals surface area contributed by atoms with Gasteiger partial charge in [0.2, 0.25) is 11.8 Å². The number of fused-ring (bicyclic) bond motifs is 4. The van der Waals surface area contributed by atoms with Gasteiger partial charge in [0.1, 0.15) is 5.75 Å². The van der Waals surface area contributed by atoms with Crippen LogP contribution in [0.1, 0.15) is 29.9 Å². The van der Waals surface area contributed by atoms with Crippen LogP contribution in [-0.4, -0.2) is 74.1 Å². The summed E-state index contributed by atoms with van der Waals surface area (Å²) in [5.41, 5.74) is 2.03. The highest BCUT2D eigenvalue weighted by molar-refractivity contribution is 14.1. The lowest BCUT2D eigenvalue weighted by molar-refractivity contribution is -0.141. The van der Waals surface area contributed by atoms with E-state index in [1.54, 1.807) is 36.4 Å². The van der Waals surface area contributed by atoms with E-state index < -0.39 is 45.2 Å². The number of carbonyl (C=O) groups excluding carboxylic acids is 4. The molecule has 2 aromatic carbocycles. The topological polar surface area (TPSA) is 124 Å². The Labute approximate surface area is 265 Å². The molecule has 2 aromatic rings. The molecule has 2 heterocycles. The third-order valence-electron chi connectivity index (χ3n) is 9.27. The van der Waals surface area contributed by atoms with Gasteiger partial charge in [-0.25, -0.2) is 0 Å². The smallest absolute Gasteiger partial charge is 0.253 e. The summed E-state index contributed by atoms with van der Waals surface area (Å²) in [6.07, 6.45) is 2.46. The van der Waals surface area contributed by atoms with Crippen molar-refractivity contribution in [2.45, 2.75) is 34.9 Å². The number of benzene rings is 2. The Kier molecular flexibility index (Phi) is 7.05. The van der Waals surface area contributed by atoms with Crippen LogP contribution in [-0.2, 0) is 25.6 Å². The maximum absolute atomic E-state index is 14.0. The quantitative estimate of drug-likeness (QED) is 0.207. The van der Waals surface area contributed by atoms with E-state index in [2.05, 4.69) is 0 Å². The first-order chi connectivity index (χ1) is 19.8. The molecule has 6 rings (SSSR count). The highest BCUT2D eigenvalue weighted by Gasteiger charge is 2.75. The molecule has 220 valence electrons. The number of hydrogen-bond acceptors (Lipinski definition) is 7. The zero-order valence-electron chi connectivity index (χ0n) is 22.6. The summed E-state index contributed by atoms with van der Waals surface area (Å²) in [6, 6.07) is 9.82. The largest absolute Gasteiger partial charge is 0.508 e. The van der Waals surface area contributed by atoms with Gasteiger partial charge in [-0.1, -0.05) is 23.8 Å². The van der Waals surface area contributed by atoms with E-state index >= 15 is 0 Å². The number of likely N-dealkylation sites (tertiary alicyclic amines) is 2. The summed E-state index contributed by atoms with van der Waals surface area (Å²) in [7, 11) is 2.74. The fourth-order valence-electron chi connectivity index (χ4n) is 7.22. The van der Waals surface area contributed by atoms with Gasteiger partial charge in [-0.05, 0) is 83.2 Å². The molecule has 2 aliphatic carbocycles. The second-order valence-corrected chi connectivity index (χ2v) is 13.7. The number of ether oxygens (including phenoxy) is 1. The summed E-state index contributed by atoms with van der Waals surface area (Å²) >= 11 is 16.3. The third-order valence-corrected chi connectivity index (χ3v) is 11.5. The average molecular weight is 725 g/mol. The van der Waals surface area contributed by atoms with Crippen molar-refractivity contribution in [1.82, 2.24) is 9.80 Å². The molecule has 0 bridgehead atoms. The standard InChI is InChI=1S/C30H27Cl2IN2O7/c1-34-27(40)29(31)13-19-17(23(30(29,32)28(34)41)15-11-20(33)24(37)21(12-15)42-2)7-8-18-22(19)26(39)35(25(18)38)10-9-14-3-5-16(36)6-4-14/h3-7,11-12,18-19,22-23,36-37H,8-10,13H2,1-2H3/t18-,19+,22-,23-,29+,30-/m0/s1. The van der Waals surface area contributed by atoms with E-state index in [0.29, 0.717) is 21.1 Å². The molecule has 9 nitrogen and oxygen atoms in total. The molecule has 2 saturated heterocycles. The van der Waals surface area contributed by atoms with E-state index in [0.717, 1.165) is 10.5 Å². The van der Waals surface area contributed by atoms with Gasteiger partial charge in [-0.3, -0.25) is 29.0 Å². The molecule has 2 aliphatic heterocycles. The molecule has 1 saturated carbocycles. The lowest BCUT2D eigenvalue weighted by Gasteiger charge is -2.50. The number of phenols is 2. The molecule has 0 radical (unpaired) electrons. The van der Waals surface area contributed by atoms with Crippen molar-refractivity contribution >= 4 is 69.4 Å². The third kappa shape index (κ3) is 3.93. The van der Waals surface area contributed by atoms with Crippen LogP contribution in [0.25, 0.3) is 0 Å². The SMILES string of the molecule is COc1cc([C@H]2C3=CC[C@@H]4C(=O)N(CCc5ccc(O)cc5)C(=O)[C@@H]4[C@@H]3C[C@@]3(Cl)C(=O)N(C)C(=O)[C@@]23Cl)cc(I)c1O. The van der Waals surface area contributed by atoms with Crippen LogP contribution in [0.4, 0.5) is 0 Å². The Morgan fingerprint density at radius 1 is 1.02 bits per heavy atom. The minimum absolute atomic E-state index is 0.0839. The number of aromatic hydroxyl groups is 2. The van der Waals surface area contributed by atoms with E-state index in [9.17, 15) is 29.4 Å². The van der Waals surface area contributed by atoms with Crippen LogP contribution >= 0.6 is 45.8 Å². The number of carbonyl (C=O) groups is 4. The molecule has 2 N–H and O–H groups in total. The van der Waals surface area contributed by atoms with Crippen molar-refractivity contribution in [2.75, 3.05) is 20.7 Å². The van der Waals surface area contributed by atoms with Crippen LogP contribution in [0, 0.1) is 21.3 Å². The van der Waals surface area contributed by atoms with Gasteiger partial charge in [0.05, 0.1) is 22.5 Å². The first kappa shape index (κ1) is 29.3. The molecule has 6 atom stereocenters. The molecular weight excluding hydrogens is 698 g/mol. The van der Waals surface area contributed by atoms with Crippen molar-refractivity contribution in [2.24, 2.45) is 17.8 Å². The highest BCUT2D eigenvalue weighted by atomic mass is 127. The van der Waals surface area contributed by atoms with Gasteiger partial charge in [-0.15, -0.1) is 23.2 Å². The molecule has 3 fully saturated rings. The molecular formula is C30H27Cl2IN2O7. The number of methoxy groups -OCH3 is 1. The van der Waals surface area contributed by atoms with Crippen molar-refractivity contribution in [3.05, 3.63) is 62.7 Å². The molecule has 0 unspecified atom stereocenters. The Morgan fingerprint density at radius 2 is 1.71 bits per heavy atom. The number of allylic oxidation sites excluding steroid dienone is 2. The van der Waals surface area contributed by atoms with E-state index in [1.165, 1.54) is 19.1 Å². The number of nitrogens with zero attached hydrogens (tertiary/aromatic N) is 2. The van der Waals surface area contributed by atoms with Gasteiger partial charge in [0, 0.05) is 19.5 Å². The second kappa shape index (κ2) is 10.1. The lowest BCUT2D eigenvalue weighted by atomic mass is 9.56. The fourth-order valence-corrected chi connectivity index (χ4v) is 8.87. The van der Waals surface area contributed by atoms with E-state index in [1.807, 2.05) is 28.7 Å². The summed E-state index contributed by atoms with van der Waals surface area (Å²) < 4.78 is 5.83. The van der Waals surface area contributed by atoms with Gasteiger partial charge in [0.25, 0.3) is 11.8 Å². The molecule has 12 heteroatoms. The van der Waals surface area contributed by atoms with Gasteiger partial charge < -0.3 is 14.9 Å². The zero-order valence-corrected chi connectivity index (χ0v) is 26.3. The minimum atomic E-state index is -1.91. The summed E-state index contributed by atoms with van der Waals surface area (Å²) in [4.78, 5) is 53.2. The van der Waals surface area contributed by atoms with Gasteiger partial charge in [0.15, 0.2) is 21.2 Å². The van der Waals surface area contributed by atoms with Crippen LogP contribution in [0.5, 0.6) is 17.2 Å². The maximum atomic E-state index is 14.0. The Morgan fingerprint density at radius 3 is 2.38 bits per heavy atom. The Bertz CT molecular complexity index is 1580. The first-order valence-corrected chi connectivity index (χ1v) is 15.3. The first-order valence-electron chi connectivity index (χ1n) is 13.4. The van der Waals surface area contributed by atoms with E-state index in [-0.39, 0.29) is 48.4 Å². The Hall–Kier alpha value is -2.83. The minimum Gasteiger partial charge on any atom is -0.508 e. The van der Waals surface area contributed by atoms with Crippen molar-refractivity contribution in [1.29, 1.82) is 0 Å². The fraction of sp³-hybridized carbons (Fsp3) is 0.400. The monoisotopic (exact) mass is 724 g/mol. The summed E-state index contributed by atoms with van der Waals surface area (Å²) in [5, 5.41) is 20.1. The van der Waals surface area contributed by atoms with Gasteiger partial charge in [-0.2, -0.15) is 0 Å². The van der Waals surface area contributed by atoms with Crippen LogP contribution in [0.15, 0.2) is 48.0 Å². The van der Waals surface area contributed by atoms with Gasteiger partial charge >= 0.3 is 0 Å². The molecule has 0 spiro atoms. The number of rotatable bonds is 5. The summed E-state index contributed by atoms with van der Waals surface area (Å²) in [5.74, 6) is -4.70. The Balaban J connectivity index is 1.43. The number of phenolic OH excluding ortho intramolecular Hbond substituents is 2. The molecule has 4 aliphatic rings. The second-order valence-electron chi connectivity index (χ2n) is 11.3. The number of alkyl halides is 2. The van der Waals surface area contributed by atoms with Crippen LogP contribution in [0.2, 0.25) is 0 Å². The number of amides is 4. The predicted octanol–water partition coefficient (Wildman–Crippen LogP) is 3.94. The number of imide groups is 2. The molecule has 0 aromatic heterocycles. The summed E-state index contributed by atoms with van der Waals surface area (Å²) in [6.45, 7) is 0.167. The number of halogens is 3. The predicted molar refractivity (Wildman–Crippen MR) is 161 cm³/mol. The zero-order chi connectivity index (χ0) is 30.3. The van der Waals surface area contributed by atoms with Crippen LogP contribution < -0.4 is 4.74 Å². The molecule has 42 heavy (non-hydrogen) atoms. The molecule has 4 amide bonds. The lowest BCUT2D eigenvalue weighted by Crippen LogP contribution is -2.60. The normalized spacial score (nSPS) is 32.1. The van der Waals surface area contributed by atoms with E-state index in [4.69, 9.17) is 27.9 Å². The maximum Gasteiger partial charge on any atom is 0.253 e. The average Bonchev–Trinajstić information content (AvgIpc) is 3.28. The van der Waals surface area contributed by atoms with Crippen molar-refractivity contribution < 1.29 is 34.1 Å². The van der Waals surface area contributed by atoms with Crippen molar-refractivity contribution in [3.63, 3.8) is 0 Å². The number of hydrogen-bond donors (Lipinski definition) is 2. The highest BCUT2D eigenvalue weighted by Crippen LogP contribution is 2.65.